The fourth-order valence-electron chi connectivity index (χ4n) is 0.835. The summed E-state index contributed by atoms with van der Waals surface area (Å²) < 4.78 is 4.62. The van der Waals surface area contributed by atoms with Gasteiger partial charge in [-0.15, -0.1) is 0 Å². The van der Waals surface area contributed by atoms with Gasteiger partial charge < -0.3 is 15.2 Å². The lowest BCUT2D eigenvalue weighted by molar-refractivity contribution is -0.118. The number of hydrogen-bond acceptors (Lipinski definition) is 4. The highest BCUT2D eigenvalue weighted by Gasteiger charge is 2.07. The van der Waals surface area contributed by atoms with Crippen molar-refractivity contribution in [1.82, 2.24) is 15.8 Å². The average Bonchev–Trinajstić information content (AvgIpc) is 2.64. The molecule has 2 amide bonds. The summed E-state index contributed by atoms with van der Waals surface area (Å²) in [6.07, 6.45) is 1.39. The SMILES string of the molecule is CC(=O)NCCNC(=O)c1ccno1. The highest BCUT2D eigenvalue weighted by atomic mass is 16.5. The largest absolute Gasteiger partial charge is 0.355 e. The van der Waals surface area contributed by atoms with Crippen LogP contribution in [0.4, 0.5) is 0 Å². The van der Waals surface area contributed by atoms with Crippen LogP contribution in [0, 0.1) is 0 Å². The Morgan fingerprint density at radius 1 is 1.43 bits per heavy atom. The average molecular weight is 197 g/mol. The molecule has 2 N–H and O–H groups in total. The first-order valence-electron chi connectivity index (χ1n) is 4.13. The Hall–Kier alpha value is -1.85. The van der Waals surface area contributed by atoms with Crippen LogP contribution in [0.25, 0.3) is 0 Å². The van der Waals surface area contributed by atoms with Gasteiger partial charge >= 0.3 is 0 Å². The minimum atomic E-state index is -0.340. The molecule has 1 heterocycles. The molecule has 0 aliphatic heterocycles. The van der Waals surface area contributed by atoms with Gasteiger partial charge in [-0.05, 0) is 0 Å². The zero-order chi connectivity index (χ0) is 10.4. The smallest absolute Gasteiger partial charge is 0.289 e. The quantitative estimate of drug-likeness (QED) is 0.640. The third-order valence-electron chi connectivity index (χ3n) is 1.45. The maximum absolute atomic E-state index is 11.2. The van der Waals surface area contributed by atoms with Gasteiger partial charge in [0.25, 0.3) is 5.91 Å². The Labute approximate surface area is 80.6 Å². The van der Waals surface area contributed by atoms with E-state index in [4.69, 9.17) is 0 Å². The maximum Gasteiger partial charge on any atom is 0.289 e. The van der Waals surface area contributed by atoms with Crippen LogP contribution in [0.3, 0.4) is 0 Å². The van der Waals surface area contributed by atoms with E-state index in [1.807, 2.05) is 0 Å². The van der Waals surface area contributed by atoms with E-state index in [9.17, 15) is 9.59 Å². The molecule has 0 radical (unpaired) electrons. The summed E-state index contributed by atoms with van der Waals surface area (Å²) >= 11 is 0. The molecular weight excluding hydrogens is 186 g/mol. The van der Waals surface area contributed by atoms with Gasteiger partial charge in [-0.25, -0.2) is 0 Å². The van der Waals surface area contributed by atoms with E-state index in [0.29, 0.717) is 13.1 Å². The standard InChI is InChI=1S/C8H11N3O3/c1-6(12)9-4-5-10-8(13)7-2-3-11-14-7/h2-3H,4-5H2,1H3,(H,9,12)(H,10,13). The van der Waals surface area contributed by atoms with Gasteiger partial charge in [0.2, 0.25) is 11.7 Å². The van der Waals surface area contributed by atoms with E-state index in [0.717, 1.165) is 0 Å². The number of carbonyl (C=O) groups is 2. The first kappa shape index (κ1) is 10.2. The number of nitrogens with one attached hydrogen (secondary N) is 2. The van der Waals surface area contributed by atoms with Crippen molar-refractivity contribution in [3.63, 3.8) is 0 Å². The monoisotopic (exact) mass is 197 g/mol. The molecule has 6 heteroatoms. The third kappa shape index (κ3) is 3.26. The summed E-state index contributed by atoms with van der Waals surface area (Å²) in [4.78, 5) is 21.7. The maximum atomic E-state index is 11.2. The van der Waals surface area contributed by atoms with Crippen molar-refractivity contribution in [3.8, 4) is 0 Å². The topological polar surface area (TPSA) is 84.2 Å². The molecule has 0 aliphatic carbocycles. The molecule has 0 spiro atoms. The Kier molecular flexibility index (Phi) is 3.66. The van der Waals surface area contributed by atoms with Crippen LogP contribution in [0.1, 0.15) is 17.5 Å². The van der Waals surface area contributed by atoms with Crippen molar-refractivity contribution in [2.45, 2.75) is 6.92 Å². The van der Waals surface area contributed by atoms with Gasteiger partial charge in [0.05, 0.1) is 6.20 Å². The Bertz CT molecular complexity index is 308. The molecule has 14 heavy (non-hydrogen) atoms. The molecule has 1 aromatic heterocycles. The van der Waals surface area contributed by atoms with Gasteiger partial charge in [-0.1, -0.05) is 5.16 Å². The molecule has 0 aromatic carbocycles. The molecule has 76 valence electrons. The highest BCUT2D eigenvalue weighted by Crippen LogP contribution is 1.94. The number of rotatable bonds is 4. The minimum absolute atomic E-state index is 0.126. The normalized spacial score (nSPS) is 9.50. The molecular formula is C8H11N3O3. The molecule has 0 fully saturated rings. The predicted octanol–water partition coefficient (Wildman–Crippen LogP) is -0.460. The van der Waals surface area contributed by atoms with E-state index < -0.39 is 0 Å². The molecule has 0 saturated carbocycles. The van der Waals surface area contributed by atoms with Gasteiger partial charge in [-0.3, -0.25) is 9.59 Å². The molecule has 1 rings (SSSR count). The zero-order valence-electron chi connectivity index (χ0n) is 7.74. The first-order valence-corrected chi connectivity index (χ1v) is 4.13. The van der Waals surface area contributed by atoms with E-state index in [2.05, 4.69) is 20.3 Å². The van der Waals surface area contributed by atoms with Gasteiger partial charge in [-0.2, -0.15) is 0 Å². The number of hydrogen-bond donors (Lipinski definition) is 2. The van der Waals surface area contributed by atoms with Crippen molar-refractivity contribution in [1.29, 1.82) is 0 Å². The minimum Gasteiger partial charge on any atom is -0.355 e. The number of nitrogens with zero attached hydrogens (tertiary/aromatic N) is 1. The molecule has 6 nitrogen and oxygen atoms in total. The molecule has 0 unspecified atom stereocenters. The lowest BCUT2D eigenvalue weighted by Crippen LogP contribution is -2.33. The van der Waals surface area contributed by atoms with E-state index >= 15 is 0 Å². The summed E-state index contributed by atoms with van der Waals surface area (Å²) in [5.74, 6) is -0.306. The van der Waals surface area contributed by atoms with Crippen LogP contribution < -0.4 is 10.6 Å². The zero-order valence-corrected chi connectivity index (χ0v) is 7.74. The first-order chi connectivity index (χ1) is 6.70. The fourth-order valence-corrected chi connectivity index (χ4v) is 0.835. The highest BCUT2D eigenvalue weighted by molar-refractivity contribution is 5.91. The summed E-state index contributed by atoms with van der Waals surface area (Å²) in [5, 5.41) is 8.49. The second kappa shape index (κ2) is 5.00. The second-order valence-corrected chi connectivity index (χ2v) is 2.62. The van der Waals surface area contributed by atoms with Gasteiger partial charge in [0.1, 0.15) is 0 Å². The van der Waals surface area contributed by atoms with Crippen molar-refractivity contribution >= 4 is 11.8 Å². The van der Waals surface area contributed by atoms with Gasteiger partial charge in [0.15, 0.2) is 0 Å². The molecule has 0 bridgehead atoms. The third-order valence-corrected chi connectivity index (χ3v) is 1.45. The number of carbonyl (C=O) groups excluding carboxylic acids is 2. The predicted molar refractivity (Wildman–Crippen MR) is 47.5 cm³/mol. The van der Waals surface area contributed by atoms with Crippen LogP contribution in [0.15, 0.2) is 16.8 Å². The van der Waals surface area contributed by atoms with Gasteiger partial charge in [0, 0.05) is 26.1 Å². The molecule has 0 aliphatic rings. The Morgan fingerprint density at radius 2 is 2.14 bits per heavy atom. The Balaban J connectivity index is 2.19. The number of amides is 2. The second-order valence-electron chi connectivity index (χ2n) is 2.62. The molecule has 0 saturated heterocycles. The van der Waals surface area contributed by atoms with Crippen molar-refractivity contribution in [2.75, 3.05) is 13.1 Å². The number of aromatic nitrogens is 1. The van der Waals surface area contributed by atoms with E-state index in [1.165, 1.54) is 19.2 Å². The van der Waals surface area contributed by atoms with E-state index in [1.54, 1.807) is 0 Å². The fraction of sp³-hybridized carbons (Fsp3) is 0.375. The summed E-state index contributed by atoms with van der Waals surface area (Å²) in [6, 6.07) is 1.47. The van der Waals surface area contributed by atoms with Crippen LogP contribution in [-0.2, 0) is 4.79 Å². The lowest BCUT2D eigenvalue weighted by Gasteiger charge is -2.02. The van der Waals surface area contributed by atoms with Crippen molar-refractivity contribution in [2.24, 2.45) is 0 Å². The Morgan fingerprint density at radius 3 is 2.71 bits per heavy atom. The molecule has 1 aromatic rings. The van der Waals surface area contributed by atoms with E-state index in [-0.39, 0.29) is 17.6 Å². The van der Waals surface area contributed by atoms with Crippen LogP contribution in [-0.4, -0.2) is 30.1 Å². The summed E-state index contributed by atoms with van der Waals surface area (Å²) in [7, 11) is 0. The van der Waals surface area contributed by atoms with Crippen LogP contribution >= 0.6 is 0 Å². The van der Waals surface area contributed by atoms with Crippen molar-refractivity contribution in [3.05, 3.63) is 18.0 Å². The summed E-state index contributed by atoms with van der Waals surface area (Å²) in [5.41, 5.74) is 0. The lowest BCUT2D eigenvalue weighted by atomic mass is 10.4. The van der Waals surface area contributed by atoms with Crippen LogP contribution in [0.2, 0.25) is 0 Å². The molecule has 0 atom stereocenters. The van der Waals surface area contributed by atoms with Crippen molar-refractivity contribution < 1.29 is 14.1 Å². The van der Waals surface area contributed by atoms with Crippen LogP contribution in [0.5, 0.6) is 0 Å². The summed E-state index contributed by atoms with van der Waals surface area (Å²) in [6.45, 7) is 2.17.